The van der Waals surface area contributed by atoms with Crippen molar-refractivity contribution >= 4 is 17.6 Å². The summed E-state index contributed by atoms with van der Waals surface area (Å²) < 4.78 is 22.8. The van der Waals surface area contributed by atoms with Gasteiger partial charge in [0.1, 0.15) is 0 Å². The molecule has 0 aliphatic carbocycles. The zero-order valence-electron chi connectivity index (χ0n) is 8.29. The minimum atomic E-state index is -0.872. The fourth-order valence-electron chi connectivity index (χ4n) is 0.980. The first kappa shape index (κ1) is 11.8. The molecule has 0 spiro atoms. The van der Waals surface area contributed by atoms with Crippen LogP contribution in [0.15, 0.2) is 18.2 Å². The lowest BCUT2D eigenvalue weighted by molar-refractivity contribution is -0.148. The lowest BCUT2D eigenvalue weighted by Gasteiger charge is -2.13. The van der Waals surface area contributed by atoms with E-state index in [1.807, 2.05) is 0 Å². The Morgan fingerprint density at radius 1 is 1.53 bits per heavy atom. The van der Waals surface area contributed by atoms with Crippen LogP contribution in [0.2, 0.25) is 5.02 Å². The quantitative estimate of drug-likeness (QED) is 0.751. The molecule has 0 amide bonds. The van der Waals surface area contributed by atoms with Crippen LogP contribution in [0.3, 0.4) is 0 Å². The molecule has 0 heterocycles. The monoisotopic (exact) mass is 232 g/mol. The van der Waals surface area contributed by atoms with Crippen molar-refractivity contribution in [1.82, 2.24) is 0 Å². The highest BCUT2D eigenvalue weighted by Crippen LogP contribution is 2.24. The number of hydrogen-bond acceptors (Lipinski definition) is 3. The number of hydrogen-bond donors (Lipinski definition) is 0. The van der Waals surface area contributed by atoms with Crippen LogP contribution < -0.4 is 4.74 Å². The van der Waals surface area contributed by atoms with Crippen molar-refractivity contribution < 1.29 is 18.7 Å². The largest absolute Gasteiger partial charge is 0.476 e. The third kappa shape index (κ3) is 2.83. The molecule has 5 heteroatoms. The van der Waals surface area contributed by atoms with Gasteiger partial charge in [-0.2, -0.15) is 0 Å². The maximum Gasteiger partial charge on any atom is 0.346 e. The van der Waals surface area contributed by atoms with Gasteiger partial charge in [0, 0.05) is 0 Å². The summed E-state index contributed by atoms with van der Waals surface area (Å²) in [7, 11) is 1.23. The van der Waals surface area contributed by atoms with Crippen molar-refractivity contribution in [2.45, 2.75) is 13.0 Å². The van der Waals surface area contributed by atoms with Gasteiger partial charge in [0.15, 0.2) is 17.7 Å². The van der Waals surface area contributed by atoms with Crippen molar-refractivity contribution in [2.75, 3.05) is 7.11 Å². The molecule has 0 bridgehead atoms. The molecule has 1 unspecified atom stereocenters. The van der Waals surface area contributed by atoms with Gasteiger partial charge in [0.05, 0.1) is 12.1 Å². The second kappa shape index (κ2) is 4.98. The maximum atomic E-state index is 13.3. The third-order valence-electron chi connectivity index (χ3n) is 1.75. The van der Waals surface area contributed by atoms with E-state index in [1.165, 1.54) is 32.2 Å². The third-order valence-corrected chi connectivity index (χ3v) is 2.04. The average molecular weight is 233 g/mol. The molecule has 0 aromatic heterocycles. The number of benzene rings is 1. The van der Waals surface area contributed by atoms with Gasteiger partial charge in [-0.1, -0.05) is 17.7 Å². The van der Waals surface area contributed by atoms with Gasteiger partial charge in [-0.15, -0.1) is 0 Å². The molecular formula is C10H10ClFO3. The normalized spacial score (nSPS) is 12.0. The Hall–Kier alpha value is -1.29. The molecule has 1 aromatic rings. The summed E-state index contributed by atoms with van der Waals surface area (Å²) in [6, 6.07) is 4.32. The molecule has 0 radical (unpaired) electrons. The lowest BCUT2D eigenvalue weighted by atomic mass is 10.3. The fraction of sp³-hybridized carbons (Fsp3) is 0.300. The van der Waals surface area contributed by atoms with Crippen LogP contribution in [0.5, 0.6) is 5.75 Å². The molecule has 0 aliphatic heterocycles. The minimum absolute atomic E-state index is 0.0513. The molecule has 15 heavy (non-hydrogen) atoms. The van der Waals surface area contributed by atoms with Crippen LogP contribution in [-0.4, -0.2) is 19.2 Å². The molecule has 0 fully saturated rings. The van der Waals surface area contributed by atoms with Crippen LogP contribution in [0, 0.1) is 5.82 Å². The SMILES string of the molecule is COC(=O)C(C)Oc1cccc(Cl)c1F. The molecule has 1 aromatic carbocycles. The Labute approximate surface area is 91.7 Å². The van der Waals surface area contributed by atoms with Gasteiger partial charge >= 0.3 is 5.97 Å². The first-order chi connectivity index (χ1) is 7.06. The van der Waals surface area contributed by atoms with Gasteiger partial charge in [-0.3, -0.25) is 0 Å². The highest BCUT2D eigenvalue weighted by atomic mass is 35.5. The molecular weight excluding hydrogens is 223 g/mol. The summed E-state index contributed by atoms with van der Waals surface area (Å²) in [5.74, 6) is -1.33. The standard InChI is InChI=1S/C10H10ClFO3/c1-6(10(13)14-2)15-8-5-3-4-7(11)9(8)12/h3-6H,1-2H3. The van der Waals surface area contributed by atoms with E-state index >= 15 is 0 Å². The minimum Gasteiger partial charge on any atom is -0.476 e. The van der Waals surface area contributed by atoms with Crippen molar-refractivity contribution in [2.24, 2.45) is 0 Å². The van der Waals surface area contributed by atoms with Crippen LogP contribution in [-0.2, 0) is 9.53 Å². The van der Waals surface area contributed by atoms with Gasteiger partial charge in [0.2, 0.25) is 0 Å². The second-order valence-electron chi connectivity index (χ2n) is 2.84. The Kier molecular flexibility index (Phi) is 3.91. The summed E-state index contributed by atoms with van der Waals surface area (Å²) in [5.41, 5.74) is 0. The first-order valence-corrected chi connectivity index (χ1v) is 4.62. The van der Waals surface area contributed by atoms with E-state index in [-0.39, 0.29) is 10.8 Å². The van der Waals surface area contributed by atoms with E-state index < -0.39 is 17.9 Å². The predicted molar refractivity (Wildman–Crippen MR) is 53.5 cm³/mol. The van der Waals surface area contributed by atoms with Crippen LogP contribution >= 0.6 is 11.6 Å². The number of esters is 1. The highest BCUT2D eigenvalue weighted by molar-refractivity contribution is 6.30. The van der Waals surface area contributed by atoms with E-state index in [9.17, 15) is 9.18 Å². The number of rotatable bonds is 3. The van der Waals surface area contributed by atoms with Gasteiger partial charge in [-0.25, -0.2) is 9.18 Å². The zero-order valence-corrected chi connectivity index (χ0v) is 9.05. The molecule has 3 nitrogen and oxygen atoms in total. The van der Waals surface area contributed by atoms with E-state index in [0.29, 0.717) is 0 Å². The molecule has 82 valence electrons. The van der Waals surface area contributed by atoms with Gasteiger partial charge < -0.3 is 9.47 Å². The van der Waals surface area contributed by atoms with Gasteiger partial charge in [-0.05, 0) is 19.1 Å². The van der Waals surface area contributed by atoms with E-state index in [4.69, 9.17) is 16.3 Å². The smallest absolute Gasteiger partial charge is 0.346 e. The van der Waals surface area contributed by atoms with Crippen molar-refractivity contribution in [1.29, 1.82) is 0 Å². The van der Waals surface area contributed by atoms with E-state index in [0.717, 1.165) is 0 Å². The first-order valence-electron chi connectivity index (χ1n) is 4.24. The average Bonchev–Trinajstić information content (AvgIpc) is 2.23. The molecule has 0 saturated heterocycles. The fourth-order valence-corrected chi connectivity index (χ4v) is 1.15. The Balaban J connectivity index is 2.81. The number of ether oxygens (including phenoxy) is 2. The summed E-state index contributed by atoms with van der Waals surface area (Å²) in [5, 5.41) is -0.0513. The van der Waals surface area contributed by atoms with Crippen molar-refractivity contribution in [3.05, 3.63) is 29.0 Å². The second-order valence-corrected chi connectivity index (χ2v) is 3.24. The van der Waals surface area contributed by atoms with Crippen LogP contribution in [0.4, 0.5) is 4.39 Å². The summed E-state index contributed by atoms with van der Waals surface area (Å²) in [4.78, 5) is 11.0. The molecule has 1 atom stereocenters. The summed E-state index contributed by atoms with van der Waals surface area (Å²) in [6.45, 7) is 1.46. The zero-order chi connectivity index (χ0) is 11.4. The Bertz CT molecular complexity index is 368. The summed E-state index contributed by atoms with van der Waals surface area (Å²) in [6.07, 6.45) is -0.872. The Morgan fingerprint density at radius 3 is 2.80 bits per heavy atom. The van der Waals surface area contributed by atoms with Crippen LogP contribution in [0.1, 0.15) is 6.92 Å². The topological polar surface area (TPSA) is 35.5 Å². The number of halogens is 2. The molecule has 0 saturated carbocycles. The van der Waals surface area contributed by atoms with Crippen molar-refractivity contribution in [3.63, 3.8) is 0 Å². The predicted octanol–water partition coefficient (Wildman–Crippen LogP) is 2.42. The van der Waals surface area contributed by atoms with Gasteiger partial charge in [0.25, 0.3) is 0 Å². The number of methoxy groups -OCH3 is 1. The molecule has 0 N–H and O–H groups in total. The van der Waals surface area contributed by atoms with E-state index in [1.54, 1.807) is 0 Å². The Morgan fingerprint density at radius 2 is 2.20 bits per heavy atom. The van der Waals surface area contributed by atoms with Crippen molar-refractivity contribution in [3.8, 4) is 5.75 Å². The lowest BCUT2D eigenvalue weighted by Crippen LogP contribution is -2.25. The number of carbonyl (C=O) groups is 1. The number of carbonyl (C=O) groups excluding carboxylic acids is 1. The highest BCUT2D eigenvalue weighted by Gasteiger charge is 2.17. The maximum absolute atomic E-state index is 13.3. The molecule has 0 aliphatic rings. The van der Waals surface area contributed by atoms with E-state index in [2.05, 4.69) is 4.74 Å². The van der Waals surface area contributed by atoms with Crippen LogP contribution in [0.25, 0.3) is 0 Å². The summed E-state index contributed by atoms with van der Waals surface area (Å²) >= 11 is 5.54. The molecule has 1 rings (SSSR count).